The second-order valence-electron chi connectivity index (χ2n) is 6.40. The van der Waals surface area contributed by atoms with Crippen LogP contribution in [0.4, 0.5) is 5.69 Å². The molecule has 0 fully saturated rings. The zero-order chi connectivity index (χ0) is 22.4. The van der Waals surface area contributed by atoms with Crippen LogP contribution >= 0.6 is 0 Å². The molecule has 158 valence electrons. The Morgan fingerprint density at radius 2 is 1.68 bits per heavy atom. The van der Waals surface area contributed by atoms with Crippen LogP contribution in [0, 0.1) is 0 Å². The molecule has 1 heterocycles. The molecule has 0 unspecified atom stereocenters. The number of nitrogens with zero attached hydrogens (tertiary/aromatic N) is 2. The van der Waals surface area contributed by atoms with Gasteiger partial charge in [0.25, 0.3) is 5.56 Å². The first-order valence-corrected chi connectivity index (χ1v) is 9.15. The van der Waals surface area contributed by atoms with Gasteiger partial charge in [0.2, 0.25) is 5.91 Å². The summed E-state index contributed by atoms with van der Waals surface area (Å²) in [7, 11) is 2.41. The van der Waals surface area contributed by atoms with Crippen molar-refractivity contribution in [3.8, 4) is 11.3 Å². The van der Waals surface area contributed by atoms with Gasteiger partial charge in [0.05, 0.1) is 43.1 Å². The number of benzene rings is 2. The lowest BCUT2D eigenvalue weighted by atomic mass is 10.1. The van der Waals surface area contributed by atoms with Crippen LogP contribution in [0.2, 0.25) is 0 Å². The van der Waals surface area contributed by atoms with Crippen molar-refractivity contribution in [2.24, 2.45) is 0 Å². The predicted molar refractivity (Wildman–Crippen MR) is 112 cm³/mol. The second kappa shape index (κ2) is 9.49. The third-order valence-corrected chi connectivity index (χ3v) is 4.38. The molecule has 0 atom stereocenters. The first-order valence-electron chi connectivity index (χ1n) is 9.15. The van der Waals surface area contributed by atoms with E-state index in [4.69, 9.17) is 4.74 Å². The Morgan fingerprint density at radius 3 is 2.32 bits per heavy atom. The van der Waals surface area contributed by atoms with Crippen LogP contribution in [-0.2, 0) is 20.8 Å². The predicted octanol–water partition coefficient (Wildman–Crippen LogP) is 2.12. The van der Waals surface area contributed by atoms with E-state index in [0.29, 0.717) is 5.69 Å². The van der Waals surface area contributed by atoms with Crippen molar-refractivity contribution in [1.29, 1.82) is 0 Å². The molecule has 31 heavy (non-hydrogen) atoms. The van der Waals surface area contributed by atoms with Crippen molar-refractivity contribution in [3.05, 3.63) is 82.4 Å². The van der Waals surface area contributed by atoms with E-state index in [-0.39, 0.29) is 23.4 Å². The Bertz CT molecular complexity index is 1190. The molecule has 0 radical (unpaired) electrons. The Kier molecular flexibility index (Phi) is 6.56. The molecule has 3 aromatic rings. The molecule has 9 heteroatoms. The van der Waals surface area contributed by atoms with E-state index in [9.17, 15) is 19.2 Å². The number of ether oxygens (including phenoxy) is 2. The molecule has 9 nitrogen and oxygen atoms in total. The Morgan fingerprint density at radius 1 is 0.968 bits per heavy atom. The fourth-order valence-corrected chi connectivity index (χ4v) is 2.84. The molecule has 0 bridgehead atoms. The molecule has 0 saturated heterocycles. The number of carbonyl (C=O) groups is 3. The lowest BCUT2D eigenvalue weighted by Crippen LogP contribution is -2.28. The summed E-state index contributed by atoms with van der Waals surface area (Å²) in [4.78, 5) is 53.0. The number of carbonyl (C=O) groups excluding carboxylic acids is 3. The average Bonchev–Trinajstić information content (AvgIpc) is 2.79. The summed E-state index contributed by atoms with van der Waals surface area (Å²) >= 11 is 0. The van der Waals surface area contributed by atoms with Crippen molar-refractivity contribution >= 4 is 23.5 Å². The highest BCUT2D eigenvalue weighted by Crippen LogP contribution is 2.20. The lowest BCUT2D eigenvalue weighted by molar-refractivity contribution is -0.116. The molecule has 1 aromatic heterocycles. The van der Waals surface area contributed by atoms with Gasteiger partial charge in [-0.15, -0.1) is 0 Å². The van der Waals surface area contributed by atoms with Crippen LogP contribution in [0.1, 0.15) is 20.7 Å². The topological polar surface area (TPSA) is 117 Å². The molecule has 3 rings (SSSR count). The minimum Gasteiger partial charge on any atom is -0.465 e. The highest BCUT2D eigenvalue weighted by atomic mass is 16.5. The van der Waals surface area contributed by atoms with Crippen molar-refractivity contribution in [2.45, 2.75) is 6.54 Å². The van der Waals surface area contributed by atoms with Crippen LogP contribution in [-0.4, -0.2) is 41.6 Å². The largest absolute Gasteiger partial charge is 0.465 e. The summed E-state index contributed by atoms with van der Waals surface area (Å²) in [5, 5.41) is 2.53. The molecular weight excluding hydrogens is 402 g/mol. The number of hydrogen-bond donors (Lipinski definition) is 1. The number of amides is 1. The summed E-state index contributed by atoms with van der Waals surface area (Å²) in [5.41, 5.74) is 1.09. The minimum atomic E-state index is -0.697. The van der Waals surface area contributed by atoms with Crippen molar-refractivity contribution < 1.29 is 23.9 Å². The third-order valence-electron chi connectivity index (χ3n) is 4.38. The van der Waals surface area contributed by atoms with Gasteiger partial charge in [-0.2, -0.15) is 0 Å². The maximum absolute atomic E-state index is 12.5. The van der Waals surface area contributed by atoms with Gasteiger partial charge in [0, 0.05) is 11.6 Å². The first kappa shape index (κ1) is 21.4. The maximum atomic E-state index is 12.5. The number of aromatic nitrogens is 2. The molecule has 0 saturated carbocycles. The van der Waals surface area contributed by atoms with Crippen LogP contribution in [0.3, 0.4) is 0 Å². The first-order chi connectivity index (χ1) is 14.9. The van der Waals surface area contributed by atoms with E-state index in [1.54, 1.807) is 0 Å². The number of hydrogen-bond acceptors (Lipinski definition) is 7. The van der Waals surface area contributed by atoms with Gasteiger partial charge in [0.15, 0.2) is 0 Å². The molecule has 0 spiro atoms. The van der Waals surface area contributed by atoms with E-state index >= 15 is 0 Å². The summed E-state index contributed by atoms with van der Waals surface area (Å²) in [6.07, 6.45) is 1.27. The Balaban J connectivity index is 1.82. The summed E-state index contributed by atoms with van der Waals surface area (Å²) in [5.74, 6) is -1.93. The smallest absolute Gasteiger partial charge is 0.339 e. The number of methoxy groups -OCH3 is 2. The molecule has 0 aliphatic heterocycles. The maximum Gasteiger partial charge on any atom is 0.339 e. The van der Waals surface area contributed by atoms with Gasteiger partial charge in [-0.25, -0.2) is 14.6 Å². The van der Waals surface area contributed by atoms with E-state index in [0.717, 1.165) is 10.1 Å². The molecule has 0 aliphatic rings. The second-order valence-corrected chi connectivity index (χ2v) is 6.40. The summed E-state index contributed by atoms with van der Waals surface area (Å²) in [6, 6.07) is 14.5. The zero-order valence-electron chi connectivity index (χ0n) is 16.8. The van der Waals surface area contributed by atoms with Gasteiger partial charge in [0.1, 0.15) is 6.54 Å². The molecule has 1 N–H and O–H groups in total. The molecular formula is C22H19N3O6. The molecule has 2 aromatic carbocycles. The van der Waals surface area contributed by atoms with Gasteiger partial charge in [-0.3, -0.25) is 14.2 Å². The highest BCUT2D eigenvalue weighted by Gasteiger charge is 2.18. The normalized spacial score (nSPS) is 10.3. The fraction of sp³-hybridized carbons (Fsp3) is 0.136. The van der Waals surface area contributed by atoms with Crippen LogP contribution in [0.5, 0.6) is 0 Å². The van der Waals surface area contributed by atoms with Crippen molar-refractivity contribution in [1.82, 2.24) is 9.55 Å². The van der Waals surface area contributed by atoms with Gasteiger partial charge in [-0.1, -0.05) is 30.3 Å². The van der Waals surface area contributed by atoms with E-state index < -0.39 is 23.4 Å². The van der Waals surface area contributed by atoms with Crippen molar-refractivity contribution in [3.63, 3.8) is 0 Å². The van der Waals surface area contributed by atoms with Gasteiger partial charge in [-0.05, 0) is 18.2 Å². The summed E-state index contributed by atoms with van der Waals surface area (Å²) in [6.45, 7) is -0.343. The Labute approximate surface area is 177 Å². The SMILES string of the molecule is COC(=O)c1ccc(C(=O)OC)c(NC(=O)Cn2cnc(-c3ccccc3)cc2=O)c1. The van der Waals surface area contributed by atoms with Gasteiger partial charge < -0.3 is 14.8 Å². The van der Waals surface area contributed by atoms with E-state index in [1.165, 1.54) is 44.8 Å². The van der Waals surface area contributed by atoms with E-state index in [1.807, 2.05) is 30.3 Å². The van der Waals surface area contributed by atoms with Crippen LogP contribution in [0.15, 0.2) is 65.7 Å². The minimum absolute atomic E-state index is 0.0494. The quantitative estimate of drug-likeness (QED) is 0.606. The zero-order valence-corrected chi connectivity index (χ0v) is 16.8. The molecule has 0 aliphatic carbocycles. The highest BCUT2D eigenvalue weighted by molar-refractivity contribution is 6.03. The summed E-state index contributed by atoms with van der Waals surface area (Å²) < 4.78 is 10.5. The number of anilines is 1. The standard InChI is InChI=1S/C22H19N3O6/c1-30-21(28)15-8-9-16(22(29)31-2)18(10-15)24-19(26)12-25-13-23-17(11-20(25)27)14-6-4-3-5-7-14/h3-11,13H,12H2,1-2H3,(H,24,26). The Hall–Kier alpha value is -4.27. The van der Waals surface area contributed by atoms with Gasteiger partial charge >= 0.3 is 11.9 Å². The van der Waals surface area contributed by atoms with Crippen LogP contribution < -0.4 is 10.9 Å². The monoisotopic (exact) mass is 421 g/mol. The van der Waals surface area contributed by atoms with Crippen LogP contribution in [0.25, 0.3) is 11.3 Å². The number of esters is 2. The fourth-order valence-electron chi connectivity index (χ4n) is 2.84. The number of nitrogens with one attached hydrogen (secondary N) is 1. The third kappa shape index (κ3) is 5.02. The molecule has 1 amide bonds. The van der Waals surface area contributed by atoms with E-state index in [2.05, 4.69) is 15.0 Å². The lowest BCUT2D eigenvalue weighted by Gasteiger charge is -2.12. The van der Waals surface area contributed by atoms with Crippen molar-refractivity contribution in [2.75, 3.05) is 19.5 Å². The average molecular weight is 421 g/mol. The number of rotatable bonds is 6.